The van der Waals surface area contributed by atoms with E-state index in [1.54, 1.807) is 18.2 Å². The van der Waals surface area contributed by atoms with Crippen LogP contribution in [0.5, 0.6) is 0 Å². The van der Waals surface area contributed by atoms with E-state index in [9.17, 15) is 9.59 Å². The Labute approximate surface area is 148 Å². The summed E-state index contributed by atoms with van der Waals surface area (Å²) < 4.78 is 0. The van der Waals surface area contributed by atoms with Gasteiger partial charge in [0.25, 0.3) is 5.91 Å². The Morgan fingerprint density at radius 2 is 1.68 bits per heavy atom. The molecular formula is C20H23N3O2. The summed E-state index contributed by atoms with van der Waals surface area (Å²) in [5.74, 6) is -0.0670. The molecule has 2 aromatic rings. The van der Waals surface area contributed by atoms with Crippen molar-refractivity contribution in [1.82, 2.24) is 9.80 Å². The van der Waals surface area contributed by atoms with Crippen LogP contribution in [0, 0.1) is 0 Å². The highest BCUT2D eigenvalue weighted by Gasteiger charge is 2.20. The van der Waals surface area contributed by atoms with Crippen LogP contribution in [0.1, 0.15) is 15.9 Å². The molecule has 1 saturated heterocycles. The maximum Gasteiger partial charge on any atom is 0.254 e. The number of likely N-dealkylation sites (N-methyl/N-ethyl adjacent to an activating group) is 1. The molecule has 2 amide bonds. The molecule has 1 N–H and O–H groups in total. The van der Waals surface area contributed by atoms with E-state index < -0.39 is 0 Å². The van der Waals surface area contributed by atoms with Crippen LogP contribution in [0.25, 0.3) is 0 Å². The molecule has 1 heterocycles. The molecule has 130 valence electrons. The summed E-state index contributed by atoms with van der Waals surface area (Å²) in [4.78, 5) is 28.9. The van der Waals surface area contributed by atoms with Crippen LogP contribution in [0.15, 0.2) is 54.6 Å². The Morgan fingerprint density at radius 1 is 0.960 bits per heavy atom. The molecule has 0 aliphatic carbocycles. The van der Waals surface area contributed by atoms with E-state index in [2.05, 4.69) is 17.3 Å². The Balaban J connectivity index is 1.63. The number of hydrogen-bond donors (Lipinski definition) is 1. The van der Waals surface area contributed by atoms with Crippen LogP contribution < -0.4 is 5.32 Å². The van der Waals surface area contributed by atoms with Crippen molar-refractivity contribution in [3.63, 3.8) is 0 Å². The second-order valence-corrected chi connectivity index (χ2v) is 6.39. The minimum absolute atomic E-state index is 0.0206. The lowest BCUT2D eigenvalue weighted by Crippen LogP contribution is -2.47. The van der Waals surface area contributed by atoms with Crippen LogP contribution in [-0.4, -0.2) is 54.8 Å². The van der Waals surface area contributed by atoms with Gasteiger partial charge in [0.15, 0.2) is 0 Å². The smallest absolute Gasteiger partial charge is 0.254 e. The molecule has 1 aliphatic heterocycles. The van der Waals surface area contributed by atoms with Gasteiger partial charge in [-0.1, -0.05) is 36.4 Å². The zero-order valence-corrected chi connectivity index (χ0v) is 14.4. The van der Waals surface area contributed by atoms with Gasteiger partial charge in [-0.15, -0.1) is 0 Å². The topological polar surface area (TPSA) is 52.6 Å². The number of nitrogens with zero attached hydrogens (tertiary/aromatic N) is 2. The fraction of sp³-hybridized carbons (Fsp3) is 0.300. The first-order valence-electron chi connectivity index (χ1n) is 8.53. The summed E-state index contributed by atoms with van der Waals surface area (Å²) in [7, 11) is 2.06. The summed E-state index contributed by atoms with van der Waals surface area (Å²) in [5.41, 5.74) is 2.23. The molecule has 0 atom stereocenters. The van der Waals surface area contributed by atoms with Crippen molar-refractivity contribution in [2.24, 2.45) is 0 Å². The third-order valence-electron chi connectivity index (χ3n) is 4.39. The molecule has 1 fully saturated rings. The fourth-order valence-corrected chi connectivity index (χ4v) is 2.91. The highest BCUT2D eigenvalue weighted by atomic mass is 16.2. The van der Waals surface area contributed by atoms with Crippen LogP contribution in [-0.2, 0) is 11.2 Å². The molecule has 0 unspecified atom stereocenters. The molecule has 0 saturated carbocycles. The van der Waals surface area contributed by atoms with Gasteiger partial charge in [-0.05, 0) is 30.8 Å². The van der Waals surface area contributed by atoms with E-state index in [4.69, 9.17) is 0 Å². The van der Waals surface area contributed by atoms with E-state index in [0.717, 1.165) is 31.7 Å². The van der Waals surface area contributed by atoms with E-state index in [0.29, 0.717) is 17.7 Å². The average molecular weight is 337 g/mol. The minimum atomic E-state index is -0.0876. The maximum atomic E-state index is 12.6. The first-order chi connectivity index (χ1) is 12.1. The summed E-state index contributed by atoms with van der Waals surface area (Å²) in [6.07, 6.45) is 0.317. The number of benzene rings is 2. The Kier molecular flexibility index (Phi) is 5.46. The van der Waals surface area contributed by atoms with E-state index in [1.807, 2.05) is 41.3 Å². The zero-order chi connectivity index (χ0) is 17.6. The number of anilines is 1. The lowest BCUT2D eigenvalue weighted by atomic mass is 10.1. The predicted molar refractivity (Wildman–Crippen MR) is 98.6 cm³/mol. The summed E-state index contributed by atoms with van der Waals surface area (Å²) in [5, 5.41) is 2.88. The van der Waals surface area contributed by atoms with Crippen molar-refractivity contribution in [2.75, 3.05) is 38.5 Å². The first-order valence-corrected chi connectivity index (χ1v) is 8.53. The van der Waals surface area contributed by atoms with Crippen molar-refractivity contribution < 1.29 is 9.59 Å². The molecule has 2 aromatic carbocycles. The van der Waals surface area contributed by atoms with Gasteiger partial charge in [0, 0.05) is 37.4 Å². The second kappa shape index (κ2) is 7.94. The molecule has 0 radical (unpaired) electrons. The van der Waals surface area contributed by atoms with Gasteiger partial charge in [0.2, 0.25) is 5.91 Å². The summed E-state index contributed by atoms with van der Waals surface area (Å²) in [6, 6.07) is 16.8. The normalized spacial score (nSPS) is 15.0. The summed E-state index contributed by atoms with van der Waals surface area (Å²) >= 11 is 0. The zero-order valence-electron chi connectivity index (χ0n) is 14.4. The van der Waals surface area contributed by atoms with Crippen LogP contribution in [0.3, 0.4) is 0 Å². The number of piperazine rings is 1. The number of carbonyl (C=O) groups excluding carboxylic acids is 2. The molecule has 0 bridgehead atoms. The van der Waals surface area contributed by atoms with Crippen LogP contribution in [0.2, 0.25) is 0 Å². The molecular weight excluding hydrogens is 314 g/mol. The highest BCUT2D eigenvalue weighted by Crippen LogP contribution is 2.14. The maximum absolute atomic E-state index is 12.6. The van der Waals surface area contributed by atoms with Gasteiger partial charge in [0.05, 0.1) is 6.42 Å². The quantitative estimate of drug-likeness (QED) is 0.931. The van der Waals surface area contributed by atoms with Gasteiger partial charge in [-0.2, -0.15) is 0 Å². The molecule has 5 heteroatoms. The van der Waals surface area contributed by atoms with Gasteiger partial charge in [-0.25, -0.2) is 0 Å². The Hall–Kier alpha value is -2.66. The second-order valence-electron chi connectivity index (χ2n) is 6.39. The first kappa shape index (κ1) is 17.2. The van der Waals surface area contributed by atoms with Crippen molar-refractivity contribution in [1.29, 1.82) is 0 Å². The van der Waals surface area contributed by atoms with Crippen molar-refractivity contribution in [3.05, 3.63) is 65.7 Å². The van der Waals surface area contributed by atoms with Gasteiger partial charge in [-0.3, -0.25) is 9.59 Å². The molecule has 0 aromatic heterocycles. The van der Waals surface area contributed by atoms with E-state index >= 15 is 0 Å². The molecule has 3 rings (SSSR count). The van der Waals surface area contributed by atoms with Gasteiger partial charge < -0.3 is 15.1 Å². The number of carbonyl (C=O) groups is 2. The Bertz CT molecular complexity index is 738. The number of nitrogens with one attached hydrogen (secondary N) is 1. The van der Waals surface area contributed by atoms with Gasteiger partial charge in [0.1, 0.15) is 0 Å². The third kappa shape index (κ3) is 4.67. The molecule has 25 heavy (non-hydrogen) atoms. The van der Waals surface area contributed by atoms with Gasteiger partial charge >= 0.3 is 0 Å². The molecule has 5 nitrogen and oxygen atoms in total. The number of rotatable bonds is 4. The lowest BCUT2D eigenvalue weighted by molar-refractivity contribution is -0.115. The predicted octanol–water partition coefficient (Wildman–Crippen LogP) is 2.26. The molecule has 1 aliphatic rings. The van der Waals surface area contributed by atoms with E-state index in [-0.39, 0.29) is 11.8 Å². The minimum Gasteiger partial charge on any atom is -0.336 e. The monoisotopic (exact) mass is 337 g/mol. The van der Waals surface area contributed by atoms with Crippen molar-refractivity contribution in [3.8, 4) is 0 Å². The molecule has 0 spiro atoms. The number of amides is 2. The van der Waals surface area contributed by atoms with Crippen LogP contribution >= 0.6 is 0 Å². The van der Waals surface area contributed by atoms with Crippen molar-refractivity contribution >= 4 is 17.5 Å². The summed E-state index contributed by atoms with van der Waals surface area (Å²) in [6.45, 7) is 3.25. The van der Waals surface area contributed by atoms with Crippen molar-refractivity contribution in [2.45, 2.75) is 6.42 Å². The largest absolute Gasteiger partial charge is 0.336 e. The Morgan fingerprint density at radius 3 is 2.40 bits per heavy atom. The third-order valence-corrected chi connectivity index (χ3v) is 4.39. The van der Waals surface area contributed by atoms with Crippen LogP contribution in [0.4, 0.5) is 5.69 Å². The number of hydrogen-bond acceptors (Lipinski definition) is 3. The van der Waals surface area contributed by atoms with E-state index in [1.165, 1.54) is 0 Å². The standard InChI is InChI=1S/C20H23N3O2/c1-22-10-12-23(13-11-22)20(25)17-8-5-9-18(15-17)21-19(24)14-16-6-3-2-4-7-16/h2-9,15H,10-14H2,1H3,(H,21,24). The lowest BCUT2D eigenvalue weighted by Gasteiger charge is -2.32. The fourth-order valence-electron chi connectivity index (χ4n) is 2.91. The highest BCUT2D eigenvalue weighted by molar-refractivity contribution is 5.97. The average Bonchev–Trinajstić information content (AvgIpc) is 2.63. The SMILES string of the molecule is CN1CCN(C(=O)c2cccc(NC(=O)Cc3ccccc3)c2)CC1.